The van der Waals surface area contributed by atoms with Crippen LogP contribution in [0.4, 0.5) is 0 Å². The predicted octanol–water partition coefficient (Wildman–Crippen LogP) is 2.83. The van der Waals surface area contributed by atoms with E-state index in [-0.39, 0.29) is 0 Å². The Morgan fingerprint density at radius 3 is 2.79 bits per heavy atom. The zero-order chi connectivity index (χ0) is 12.9. The van der Waals surface area contributed by atoms with Gasteiger partial charge in [-0.1, -0.05) is 36.4 Å². The van der Waals surface area contributed by atoms with E-state index in [4.69, 9.17) is 0 Å². The second-order valence-corrected chi connectivity index (χ2v) is 4.66. The van der Waals surface area contributed by atoms with Gasteiger partial charge in [0.2, 0.25) is 0 Å². The van der Waals surface area contributed by atoms with E-state index in [0.717, 1.165) is 19.6 Å². The summed E-state index contributed by atoms with van der Waals surface area (Å²) in [7, 11) is 0. The number of nitrogens with one attached hydrogen (secondary N) is 1. The van der Waals surface area contributed by atoms with E-state index in [1.165, 1.54) is 16.3 Å². The molecule has 96 valence electrons. The Kier molecular flexibility index (Phi) is 3.56. The number of hydrogen-bond acceptors (Lipinski definition) is 2. The number of aromatic nitrogens is 2. The summed E-state index contributed by atoms with van der Waals surface area (Å²) in [5, 5.41) is 6.05. The first-order valence-corrected chi connectivity index (χ1v) is 6.56. The Balaban J connectivity index is 1.56. The predicted molar refractivity (Wildman–Crippen MR) is 77.9 cm³/mol. The average molecular weight is 251 g/mol. The highest BCUT2D eigenvalue weighted by molar-refractivity contribution is 5.82. The van der Waals surface area contributed by atoms with Gasteiger partial charge in [0.1, 0.15) is 0 Å². The molecule has 19 heavy (non-hydrogen) atoms. The molecule has 0 spiro atoms. The molecule has 0 atom stereocenters. The van der Waals surface area contributed by atoms with Crippen molar-refractivity contribution in [2.45, 2.75) is 13.1 Å². The van der Waals surface area contributed by atoms with Gasteiger partial charge in [-0.15, -0.1) is 0 Å². The van der Waals surface area contributed by atoms with Crippen molar-refractivity contribution in [3.05, 3.63) is 66.7 Å². The summed E-state index contributed by atoms with van der Waals surface area (Å²) in [6.45, 7) is 2.80. The van der Waals surface area contributed by atoms with Crippen LogP contribution in [0.15, 0.2) is 61.2 Å². The van der Waals surface area contributed by atoms with Crippen LogP contribution in [0.1, 0.15) is 5.56 Å². The van der Waals surface area contributed by atoms with Gasteiger partial charge in [-0.05, 0) is 22.4 Å². The Hall–Kier alpha value is -2.13. The van der Waals surface area contributed by atoms with Gasteiger partial charge in [-0.3, -0.25) is 0 Å². The minimum Gasteiger partial charge on any atom is -0.336 e. The third-order valence-corrected chi connectivity index (χ3v) is 3.25. The van der Waals surface area contributed by atoms with Gasteiger partial charge < -0.3 is 9.88 Å². The van der Waals surface area contributed by atoms with Crippen LogP contribution in [0.25, 0.3) is 10.8 Å². The second kappa shape index (κ2) is 5.67. The lowest BCUT2D eigenvalue weighted by atomic mass is 10.1. The molecule has 1 N–H and O–H groups in total. The maximum Gasteiger partial charge on any atom is 0.0946 e. The lowest BCUT2D eigenvalue weighted by Crippen LogP contribution is -2.18. The summed E-state index contributed by atoms with van der Waals surface area (Å²) >= 11 is 0. The zero-order valence-electron chi connectivity index (χ0n) is 10.8. The van der Waals surface area contributed by atoms with Crippen LogP contribution >= 0.6 is 0 Å². The maximum absolute atomic E-state index is 4.03. The third kappa shape index (κ3) is 3.01. The highest BCUT2D eigenvalue weighted by atomic mass is 15.0. The first-order valence-electron chi connectivity index (χ1n) is 6.56. The molecule has 0 fully saturated rings. The second-order valence-electron chi connectivity index (χ2n) is 4.66. The summed E-state index contributed by atoms with van der Waals surface area (Å²) in [5.41, 5.74) is 1.32. The molecule has 1 heterocycles. The third-order valence-electron chi connectivity index (χ3n) is 3.25. The molecule has 0 bridgehead atoms. The first-order chi connectivity index (χ1) is 9.42. The Morgan fingerprint density at radius 2 is 1.95 bits per heavy atom. The minimum atomic E-state index is 0.902. The Morgan fingerprint density at radius 1 is 1.05 bits per heavy atom. The molecular formula is C16H17N3. The van der Waals surface area contributed by atoms with Gasteiger partial charge >= 0.3 is 0 Å². The molecule has 0 aliphatic rings. The summed E-state index contributed by atoms with van der Waals surface area (Å²) in [6.07, 6.45) is 5.64. The molecule has 0 saturated carbocycles. The van der Waals surface area contributed by atoms with Crippen LogP contribution in [-0.4, -0.2) is 16.1 Å². The van der Waals surface area contributed by atoms with Gasteiger partial charge in [-0.25, -0.2) is 4.98 Å². The standard InChI is InChI=1S/C16H17N3/c1-2-4-16-11-14(5-6-15(16)3-1)12-17-7-9-19-10-8-18-13-19/h1-6,8,10-11,13,17H,7,9,12H2. The number of hydrogen-bond donors (Lipinski definition) is 1. The summed E-state index contributed by atoms with van der Waals surface area (Å²) in [5.74, 6) is 0. The van der Waals surface area contributed by atoms with Gasteiger partial charge in [0.25, 0.3) is 0 Å². The van der Waals surface area contributed by atoms with Crippen molar-refractivity contribution in [2.75, 3.05) is 6.54 Å². The topological polar surface area (TPSA) is 29.9 Å². The lowest BCUT2D eigenvalue weighted by molar-refractivity contribution is 0.597. The minimum absolute atomic E-state index is 0.902. The van der Waals surface area contributed by atoms with Gasteiger partial charge in [0, 0.05) is 32.0 Å². The van der Waals surface area contributed by atoms with Crippen molar-refractivity contribution in [1.82, 2.24) is 14.9 Å². The van der Waals surface area contributed by atoms with Crippen LogP contribution < -0.4 is 5.32 Å². The van der Waals surface area contributed by atoms with E-state index >= 15 is 0 Å². The van der Waals surface area contributed by atoms with Crippen molar-refractivity contribution in [1.29, 1.82) is 0 Å². The lowest BCUT2D eigenvalue weighted by Gasteiger charge is -2.07. The molecule has 0 radical (unpaired) electrons. The SMILES string of the molecule is c1ccc2cc(CNCCn3ccnc3)ccc2c1. The molecular weight excluding hydrogens is 234 g/mol. The highest BCUT2D eigenvalue weighted by Crippen LogP contribution is 2.15. The Labute approximate surface area is 112 Å². The monoisotopic (exact) mass is 251 g/mol. The van der Waals surface area contributed by atoms with Crippen LogP contribution in [-0.2, 0) is 13.1 Å². The molecule has 3 heteroatoms. The molecule has 0 amide bonds. The zero-order valence-corrected chi connectivity index (χ0v) is 10.8. The van der Waals surface area contributed by atoms with Gasteiger partial charge in [0.05, 0.1) is 6.33 Å². The van der Waals surface area contributed by atoms with Crippen LogP contribution in [0, 0.1) is 0 Å². The fraction of sp³-hybridized carbons (Fsp3) is 0.188. The van der Waals surface area contributed by atoms with Crippen LogP contribution in [0.3, 0.4) is 0 Å². The van der Waals surface area contributed by atoms with Crippen molar-refractivity contribution in [2.24, 2.45) is 0 Å². The van der Waals surface area contributed by atoms with Gasteiger partial charge in [0.15, 0.2) is 0 Å². The fourth-order valence-corrected chi connectivity index (χ4v) is 2.21. The van der Waals surface area contributed by atoms with Crippen LogP contribution in [0.5, 0.6) is 0 Å². The molecule has 0 saturated heterocycles. The number of imidazole rings is 1. The number of benzene rings is 2. The summed E-state index contributed by atoms with van der Waals surface area (Å²) in [4.78, 5) is 4.03. The number of nitrogens with zero attached hydrogens (tertiary/aromatic N) is 2. The number of rotatable bonds is 5. The molecule has 0 aliphatic heterocycles. The number of fused-ring (bicyclic) bond motifs is 1. The van der Waals surface area contributed by atoms with Crippen molar-refractivity contribution in [3.63, 3.8) is 0 Å². The molecule has 0 unspecified atom stereocenters. The first kappa shape index (κ1) is 11.9. The quantitative estimate of drug-likeness (QED) is 0.707. The molecule has 3 nitrogen and oxygen atoms in total. The maximum atomic E-state index is 4.03. The molecule has 2 aromatic carbocycles. The molecule has 3 aromatic rings. The van der Waals surface area contributed by atoms with E-state index in [9.17, 15) is 0 Å². The Bertz CT molecular complexity index is 644. The van der Waals surface area contributed by atoms with E-state index in [1.54, 1.807) is 0 Å². The smallest absolute Gasteiger partial charge is 0.0946 e. The van der Waals surface area contributed by atoms with Crippen molar-refractivity contribution >= 4 is 10.8 Å². The van der Waals surface area contributed by atoms with E-state index in [1.807, 2.05) is 18.7 Å². The molecule has 1 aromatic heterocycles. The summed E-state index contributed by atoms with van der Waals surface area (Å²) < 4.78 is 2.08. The molecule has 0 aliphatic carbocycles. The van der Waals surface area contributed by atoms with Crippen molar-refractivity contribution < 1.29 is 0 Å². The van der Waals surface area contributed by atoms with E-state index in [2.05, 4.69) is 57.3 Å². The normalized spacial score (nSPS) is 10.9. The largest absolute Gasteiger partial charge is 0.336 e. The van der Waals surface area contributed by atoms with E-state index in [0.29, 0.717) is 0 Å². The summed E-state index contributed by atoms with van der Waals surface area (Å²) in [6, 6.07) is 15.1. The molecule has 3 rings (SSSR count). The van der Waals surface area contributed by atoms with Gasteiger partial charge in [-0.2, -0.15) is 0 Å². The van der Waals surface area contributed by atoms with Crippen LogP contribution in [0.2, 0.25) is 0 Å². The van der Waals surface area contributed by atoms with Crippen molar-refractivity contribution in [3.8, 4) is 0 Å². The highest BCUT2D eigenvalue weighted by Gasteiger charge is 1.96. The average Bonchev–Trinajstić information content (AvgIpc) is 2.97. The van der Waals surface area contributed by atoms with E-state index < -0.39 is 0 Å². The fourth-order valence-electron chi connectivity index (χ4n) is 2.21.